The first kappa shape index (κ1) is 10.7. The van der Waals surface area contributed by atoms with E-state index in [9.17, 15) is 4.79 Å². The molecule has 1 heterocycles. The molecule has 5 heteroatoms. The number of carbonyl (C=O) groups excluding carboxylic acids is 1. The number of ether oxygens (including phenoxy) is 2. The van der Waals surface area contributed by atoms with Crippen molar-refractivity contribution < 1.29 is 14.3 Å². The topological polar surface area (TPSA) is 38.8 Å². The zero-order valence-corrected chi connectivity index (χ0v) is 9.22. The number of benzene rings is 1. The second-order valence-corrected chi connectivity index (χ2v) is 4.02. The molecule has 0 saturated carbocycles. The van der Waals surface area contributed by atoms with E-state index in [-0.39, 0.29) is 18.3 Å². The van der Waals surface area contributed by atoms with Crippen molar-refractivity contribution >= 4 is 29.2 Å². The molecule has 1 aliphatic heterocycles. The van der Waals surface area contributed by atoms with Crippen LogP contribution in [0.5, 0.6) is 0 Å². The molecule has 0 aliphatic carbocycles. The quantitative estimate of drug-likeness (QED) is 0.608. The second kappa shape index (κ2) is 4.39. The van der Waals surface area contributed by atoms with Gasteiger partial charge in [0.25, 0.3) is 0 Å². The summed E-state index contributed by atoms with van der Waals surface area (Å²) in [4.78, 5) is 11.5. The van der Waals surface area contributed by atoms with Crippen molar-refractivity contribution in [1.82, 2.24) is 0 Å². The Kier molecular flexibility index (Phi) is 3.14. The standard InChI is InChI=1S/C10H8Cl2O3/c11-6-1-2-9(12)8(3-6)10(13)15-5-7-4-14-7/h1-3,7H,4-5H2. The molecule has 1 fully saturated rings. The van der Waals surface area contributed by atoms with Crippen molar-refractivity contribution in [3.8, 4) is 0 Å². The van der Waals surface area contributed by atoms with Gasteiger partial charge in [-0.05, 0) is 18.2 Å². The van der Waals surface area contributed by atoms with Crippen molar-refractivity contribution in [3.63, 3.8) is 0 Å². The number of rotatable bonds is 3. The monoisotopic (exact) mass is 246 g/mol. The zero-order chi connectivity index (χ0) is 10.8. The van der Waals surface area contributed by atoms with Crippen molar-refractivity contribution in [1.29, 1.82) is 0 Å². The van der Waals surface area contributed by atoms with Crippen LogP contribution in [0.25, 0.3) is 0 Å². The molecular weight excluding hydrogens is 239 g/mol. The Hall–Kier alpha value is -0.770. The van der Waals surface area contributed by atoms with Gasteiger partial charge in [0.05, 0.1) is 17.2 Å². The van der Waals surface area contributed by atoms with Crippen LogP contribution in [0.15, 0.2) is 18.2 Å². The maximum atomic E-state index is 11.5. The van der Waals surface area contributed by atoms with Gasteiger partial charge in [0.1, 0.15) is 12.7 Å². The lowest BCUT2D eigenvalue weighted by atomic mass is 10.2. The largest absolute Gasteiger partial charge is 0.459 e. The lowest BCUT2D eigenvalue weighted by Gasteiger charge is -2.04. The molecule has 1 aromatic rings. The van der Waals surface area contributed by atoms with Crippen molar-refractivity contribution in [2.45, 2.75) is 6.10 Å². The normalized spacial score (nSPS) is 18.7. The summed E-state index contributed by atoms with van der Waals surface area (Å²) in [7, 11) is 0. The first-order valence-corrected chi connectivity index (χ1v) is 5.16. The SMILES string of the molecule is O=C(OCC1CO1)c1cc(Cl)ccc1Cl. The van der Waals surface area contributed by atoms with E-state index in [1.165, 1.54) is 6.07 Å². The van der Waals surface area contributed by atoms with Crippen molar-refractivity contribution in [3.05, 3.63) is 33.8 Å². The summed E-state index contributed by atoms with van der Waals surface area (Å²) in [6.07, 6.45) is 0.0481. The number of carbonyl (C=O) groups is 1. The Morgan fingerprint density at radius 3 is 2.93 bits per heavy atom. The number of hydrogen-bond acceptors (Lipinski definition) is 3. The maximum Gasteiger partial charge on any atom is 0.339 e. The highest BCUT2D eigenvalue weighted by Crippen LogP contribution is 2.21. The van der Waals surface area contributed by atoms with E-state index >= 15 is 0 Å². The van der Waals surface area contributed by atoms with Crippen LogP contribution in [-0.4, -0.2) is 25.3 Å². The van der Waals surface area contributed by atoms with E-state index < -0.39 is 5.97 Å². The van der Waals surface area contributed by atoms with Gasteiger partial charge in [-0.1, -0.05) is 23.2 Å². The van der Waals surface area contributed by atoms with Gasteiger partial charge in [-0.25, -0.2) is 4.79 Å². The van der Waals surface area contributed by atoms with Gasteiger partial charge in [-0.2, -0.15) is 0 Å². The molecule has 15 heavy (non-hydrogen) atoms. The van der Waals surface area contributed by atoms with Crippen LogP contribution < -0.4 is 0 Å². The molecule has 2 rings (SSSR count). The average molecular weight is 247 g/mol. The molecule has 0 aromatic heterocycles. The highest BCUT2D eigenvalue weighted by Gasteiger charge is 2.25. The number of epoxide rings is 1. The fourth-order valence-corrected chi connectivity index (χ4v) is 1.43. The highest BCUT2D eigenvalue weighted by atomic mass is 35.5. The third kappa shape index (κ3) is 2.84. The van der Waals surface area contributed by atoms with Gasteiger partial charge in [0.2, 0.25) is 0 Å². The minimum absolute atomic E-state index is 0.0481. The lowest BCUT2D eigenvalue weighted by Crippen LogP contribution is -2.10. The number of hydrogen-bond donors (Lipinski definition) is 0. The van der Waals surface area contributed by atoms with Crippen LogP contribution in [0, 0.1) is 0 Å². The zero-order valence-electron chi connectivity index (χ0n) is 7.70. The van der Waals surface area contributed by atoms with Crippen LogP contribution in [-0.2, 0) is 9.47 Å². The van der Waals surface area contributed by atoms with E-state index in [4.69, 9.17) is 32.7 Å². The Balaban J connectivity index is 2.05. The Labute approximate surface area is 96.9 Å². The Morgan fingerprint density at radius 2 is 2.27 bits per heavy atom. The molecule has 1 atom stereocenters. The minimum atomic E-state index is -0.474. The van der Waals surface area contributed by atoms with Crippen LogP contribution in [0.2, 0.25) is 10.0 Å². The second-order valence-electron chi connectivity index (χ2n) is 3.18. The summed E-state index contributed by atoms with van der Waals surface area (Å²) in [5, 5.41) is 0.787. The van der Waals surface area contributed by atoms with Crippen LogP contribution >= 0.6 is 23.2 Å². The maximum absolute atomic E-state index is 11.5. The van der Waals surface area contributed by atoms with E-state index in [1.807, 2.05) is 0 Å². The average Bonchev–Trinajstić information content (AvgIpc) is 3.02. The van der Waals surface area contributed by atoms with Crippen molar-refractivity contribution in [2.24, 2.45) is 0 Å². The van der Waals surface area contributed by atoms with Gasteiger partial charge in [0.15, 0.2) is 0 Å². The Morgan fingerprint density at radius 1 is 1.53 bits per heavy atom. The molecule has 1 aliphatic rings. The molecular formula is C10H8Cl2O3. The van der Waals surface area contributed by atoms with Crippen molar-refractivity contribution in [2.75, 3.05) is 13.2 Å². The summed E-state index contributed by atoms with van der Waals surface area (Å²) in [5.74, 6) is -0.474. The molecule has 0 radical (unpaired) electrons. The molecule has 1 aromatic carbocycles. The van der Waals surface area contributed by atoms with Gasteiger partial charge in [-0.3, -0.25) is 0 Å². The molecule has 1 unspecified atom stereocenters. The number of halogens is 2. The summed E-state index contributed by atoms with van der Waals surface area (Å²) in [6, 6.07) is 4.67. The third-order valence-electron chi connectivity index (χ3n) is 1.95. The first-order valence-electron chi connectivity index (χ1n) is 4.40. The molecule has 0 N–H and O–H groups in total. The molecule has 0 amide bonds. The predicted molar refractivity (Wildman–Crippen MR) is 56.5 cm³/mol. The molecule has 1 saturated heterocycles. The van der Waals surface area contributed by atoms with Crippen LogP contribution in [0.1, 0.15) is 10.4 Å². The Bertz CT molecular complexity index is 388. The highest BCUT2D eigenvalue weighted by molar-refractivity contribution is 6.35. The minimum Gasteiger partial charge on any atom is -0.459 e. The summed E-state index contributed by atoms with van der Waals surface area (Å²) in [6.45, 7) is 0.915. The number of esters is 1. The van der Waals surface area contributed by atoms with E-state index in [0.717, 1.165) is 0 Å². The molecule has 0 spiro atoms. The van der Waals surface area contributed by atoms with Crippen LogP contribution in [0.3, 0.4) is 0 Å². The fourth-order valence-electron chi connectivity index (χ4n) is 1.06. The molecule has 0 bridgehead atoms. The fraction of sp³-hybridized carbons (Fsp3) is 0.300. The summed E-state index contributed by atoms with van der Waals surface area (Å²) < 4.78 is 9.89. The van der Waals surface area contributed by atoms with Gasteiger partial charge < -0.3 is 9.47 Å². The van der Waals surface area contributed by atoms with E-state index in [0.29, 0.717) is 16.7 Å². The van der Waals surface area contributed by atoms with E-state index in [1.54, 1.807) is 12.1 Å². The third-order valence-corrected chi connectivity index (χ3v) is 2.52. The van der Waals surface area contributed by atoms with Gasteiger partial charge in [-0.15, -0.1) is 0 Å². The first-order chi connectivity index (χ1) is 7.16. The van der Waals surface area contributed by atoms with Gasteiger partial charge in [0, 0.05) is 5.02 Å². The smallest absolute Gasteiger partial charge is 0.339 e. The van der Waals surface area contributed by atoms with Gasteiger partial charge >= 0.3 is 5.97 Å². The predicted octanol–water partition coefficient (Wildman–Crippen LogP) is 2.55. The lowest BCUT2D eigenvalue weighted by molar-refractivity contribution is 0.0477. The molecule has 3 nitrogen and oxygen atoms in total. The summed E-state index contributed by atoms with van der Waals surface area (Å²) in [5.41, 5.74) is 0.282. The van der Waals surface area contributed by atoms with Crippen LogP contribution in [0.4, 0.5) is 0 Å². The summed E-state index contributed by atoms with van der Waals surface area (Å²) >= 11 is 11.6. The molecule has 80 valence electrons. The van der Waals surface area contributed by atoms with E-state index in [2.05, 4.69) is 0 Å².